The zero-order valence-corrected chi connectivity index (χ0v) is 6.02. The standard InChI is InChI=1S/C6H6O6/c7-3-11-5(9)1-2-6(10)12-4-8/h3-4H,1-2H2. The summed E-state index contributed by atoms with van der Waals surface area (Å²) in [5, 5.41) is 0. The van der Waals surface area contributed by atoms with Crippen LogP contribution in [-0.4, -0.2) is 24.9 Å². The summed E-state index contributed by atoms with van der Waals surface area (Å²) in [5.74, 6) is -1.68. The molecule has 0 aliphatic rings. The monoisotopic (exact) mass is 174 g/mol. The van der Waals surface area contributed by atoms with Gasteiger partial charge in [0, 0.05) is 0 Å². The minimum absolute atomic E-state index is 0.0343. The van der Waals surface area contributed by atoms with Gasteiger partial charge < -0.3 is 9.47 Å². The first-order chi connectivity index (χ1) is 5.70. The number of hydrogen-bond acceptors (Lipinski definition) is 6. The Bertz CT molecular complexity index is 174. The largest absolute Gasteiger partial charge is 0.395 e. The molecule has 0 rings (SSSR count). The first-order valence-electron chi connectivity index (χ1n) is 2.97. The van der Waals surface area contributed by atoms with Crippen molar-refractivity contribution in [2.75, 3.05) is 0 Å². The SMILES string of the molecule is O=COC(=O)CCC(=O)OC=O. The van der Waals surface area contributed by atoms with Crippen LogP contribution in [0.1, 0.15) is 12.8 Å². The number of hydrogen-bond donors (Lipinski definition) is 0. The molecule has 0 spiro atoms. The molecule has 66 valence electrons. The van der Waals surface area contributed by atoms with E-state index in [1.807, 2.05) is 0 Å². The second-order valence-electron chi connectivity index (χ2n) is 1.67. The third kappa shape index (κ3) is 5.10. The van der Waals surface area contributed by atoms with Gasteiger partial charge in [0.05, 0.1) is 12.8 Å². The smallest absolute Gasteiger partial charge is 0.313 e. The van der Waals surface area contributed by atoms with Crippen LogP contribution in [0.4, 0.5) is 0 Å². The molecule has 0 atom stereocenters. The minimum atomic E-state index is -0.840. The van der Waals surface area contributed by atoms with E-state index in [0.29, 0.717) is 0 Å². The Morgan fingerprint density at radius 1 is 0.917 bits per heavy atom. The van der Waals surface area contributed by atoms with Gasteiger partial charge in [0.2, 0.25) is 0 Å². The van der Waals surface area contributed by atoms with Crippen LogP contribution in [-0.2, 0) is 28.7 Å². The average molecular weight is 174 g/mol. The van der Waals surface area contributed by atoms with Crippen LogP contribution in [0.25, 0.3) is 0 Å². The average Bonchev–Trinajstić information content (AvgIpc) is 2.02. The van der Waals surface area contributed by atoms with Gasteiger partial charge in [-0.05, 0) is 0 Å². The highest BCUT2D eigenvalue weighted by Gasteiger charge is 2.07. The van der Waals surface area contributed by atoms with Gasteiger partial charge in [-0.3, -0.25) is 19.2 Å². The van der Waals surface area contributed by atoms with E-state index in [4.69, 9.17) is 0 Å². The summed E-state index contributed by atoms with van der Waals surface area (Å²) in [6, 6.07) is 0. The molecule has 0 saturated carbocycles. The maximum absolute atomic E-state index is 10.4. The Hall–Kier alpha value is -1.72. The minimum Gasteiger partial charge on any atom is -0.395 e. The van der Waals surface area contributed by atoms with Gasteiger partial charge in [-0.25, -0.2) is 0 Å². The molecule has 0 heterocycles. The van der Waals surface area contributed by atoms with Crippen LogP contribution in [0.2, 0.25) is 0 Å². The van der Waals surface area contributed by atoms with Crippen molar-refractivity contribution in [1.29, 1.82) is 0 Å². The van der Waals surface area contributed by atoms with E-state index in [-0.39, 0.29) is 25.8 Å². The van der Waals surface area contributed by atoms with Crippen molar-refractivity contribution in [2.45, 2.75) is 12.8 Å². The first-order valence-corrected chi connectivity index (χ1v) is 2.97. The molecule has 0 aromatic carbocycles. The summed E-state index contributed by atoms with van der Waals surface area (Å²) >= 11 is 0. The molecule has 12 heavy (non-hydrogen) atoms. The van der Waals surface area contributed by atoms with E-state index in [9.17, 15) is 19.2 Å². The number of carbonyl (C=O) groups excluding carboxylic acids is 4. The van der Waals surface area contributed by atoms with Gasteiger partial charge in [-0.15, -0.1) is 0 Å². The number of rotatable bonds is 5. The molecule has 0 aromatic rings. The van der Waals surface area contributed by atoms with Gasteiger partial charge in [0.15, 0.2) is 0 Å². The second kappa shape index (κ2) is 6.02. The van der Waals surface area contributed by atoms with Crippen molar-refractivity contribution in [2.24, 2.45) is 0 Å². The molecular formula is C6H6O6. The lowest BCUT2D eigenvalue weighted by Gasteiger charge is -1.94. The van der Waals surface area contributed by atoms with Crippen molar-refractivity contribution < 1.29 is 28.7 Å². The topological polar surface area (TPSA) is 86.7 Å². The van der Waals surface area contributed by atoms with Crippen molar-refractivity contribution in [3.63, 3.8) is 0 Å². The second-order valence-corrected chi connectivity index (χ2v) is 1.67. The fraction of sp³-hybridized carbons (Fsp3) is 0.333. The fourth-order valence-electron chi connectivity index (χ4n) is 0.429. The molecule has 0 aliphatic carbocycles. The molecule has 0 unspecified atom stereocenters. The maximum atomic E-state index is 10.4. The number of esters is 2. The van der Waals surface area contributed by atoms with E-state index in [2.05, 4.69) is 9.47 Å². The summed E-state index contributed by atoms with van der Waals surface area (Å²) in [4.78, 5) is 39.9. The highest BCUT2D eigenvalue weighted by molar-refractivity contribution is 5.83. The lowest BCUT2D eigenvalue weighted by atomic mass is 10.3. The highest BCUT2D eigenvalue weighted by atomic mass is 16.6. The molecule has 6 nitrogen and oxygen atoms in total. The Morgan fingerprint density at radius 2 is 1.25 bits per heavy atom. The molecule has 0 aliphatic heterocycles. The normalized spacial score (nSPS) is 8.33. The first kappa shape index (κ1) is 10.3. The lowest BCUT2D eigenvalue weighted by molar-refractivity contribution is -0.157. The molecule has 0 N–H and O–H groups in total. The van der Waals surface area contributed by atoms with Crippen molar-refractivity contribution >= 4 is 24.9 Å². The summed E-state index contributed by atoms with van der Waals surface area (Å²) in [6.07, 6.45) is -0.573. The molecule has 0 bridgehead atoms. The quantitative estimate of drug-likeness (QED) is 0.307. The summed E-state index contributed by atoms with van der Waals surface area (Å²) in [6.45, 7) is -0.0687. The Kier molecular flexibility index (Phi) is 5.16. The molecule has 0 amide bonds. The lowest BCUT2D eigenvalue weighted by Crippen LogP contribution is -2.08. The molecule has 0 radical (unpaired) electrons. The van der Waals surface area contributed by atoms with Crippen LogP contribution in [0, 0.1) is 0 Å². The molecule has 0 fully saturated rings. The van der Waals surface area contributed by atoms with Crippen molar-refractivity contribution in [3.05, 3.63) is 0 Å². The van der Waals surface area contributed by atoms with E-state index >= 15 is 0 Å². The third-order valence-electron chi connectivity index (χ3n) is 0.892. The van der Waals surface area contributed by atoms with Gasteiger partial charge in [0.25, 0.3) is 0 Å². The van der Waals surface area contributed by atoms with E-state index < -0.39 is 11.9 Å². The summed E-state index contributed by atoms with van der Waals surface area (Å²) in [7, 11) is 0. The maximum Gasteiger partial charge on any atom is 0.313 e. The van der Waals surface area contributed by atoms with Gasteiger partial charge >= 0.3 is 24.9 Å². The third-order valence-corrected chi connectivity index (χ3v) is 0.892. The summed E-state index contributed by atoms with van der Waals surface area (Å²) < 4.78 is 7.71. The van der Waals surface area contributed by atoms with Crippen LogP contribution < -0.4 is 0 Å². The Labute approximate surface area is 67.4 Å². The van der Waals surface area contributed by atoms with Crippen LogP contribution in [0.15, 0.2) is 0 Å². The van der Waals surface area contributed by atoms with E-state index in [1.165, 1.54) is 0 Å². The highest BCUT2D eigenvalue weighted by Crippen LogP contribution is 1.93. The Morgan fingerprint density at radius 3 is 1.50 bits per heavy atom. The summed E-state index contributed by atoms with van der Waals surface area (Å²) in [5.41, 5.74) is 0. The van der Waals surface area contributed by atoms with Crippen LogP contribution >= 0.6 is 0 Å². The fourth-order valence-corrected chi connectivity index (χ4v) is 0.429. The van der Waals surface area contributed by atoms with Crippen molar-refractivity contribution in [1.82, 2.24) is 0 Å². The Balaban J connectivity index is 3.53. The van der Waals surface area contributed by atoms with E-state index in [1.54, 1.807) is 0 Å². The van der Waals surface area contributed by atoms with Gasteiger partial charge in [0.1, 0.15) is 0 Å². The van der Waals surface area contributed by atoms with Gasteiger partial charge in [-0.1, -0.05) is 0 Å². The van der Waals surface area contributed by atoms with Crippen LogP contribution in [0.5, 0.6) is 0 Å². The molecular weight excluding hydrogens is 168 g/mol. The zero-order valence-electron chi connectivity index (χ0n) is 6.02. The van der Waals surface area contributed by atoms with Crippen LogP contribution in [0.3, 0.4) is 0 Å². The predicted octanol–water partition coefficient (Wildman–Crippen LogP) is -0.834. The van der Waals surface area contributed by atoms with Gasteiger partial charge in [-0.2, -0.15) is 0 Å². The van der Waals surface area contributed by atoms with Crippen molar-refractivity contribution in [3.8, 4) is 0 Å². The molecule has 0 saturated heterocycles. The molecule has 6 heteroatoms. The molecule has 0 aromatic heterocycles. The van der Waals surface area contributed by atoms with E-state index in [0.717, 1.165) is 0 Å². The number of carbonyl (C=O) groups is 4. The zero-order chi connectivity index (χ0) is 9.40. The number of ether oxygens (including phenoxy) is 2. The predicted molar refractivity (Wildman–Crippen MR) is 33.5 cm³/mol.